The van der Waals surface area contributed by atoms with E-state index in [0.29, 0.717) is 0 Å². The van der Waals surface area contributed by atoms with E-state index in [1.165, 1.54) is 22.7 Å². The lowest BCUT2D eigenvalue weighted by Gasteiger charge is -1.89. The van der Waals surface area contributed by atoms with Crippen molar-refractivity contribution in [3.05, 3.63) is 17.9 Å². The van der Waals surface area contributed by atoms with Crippen LogP contribution in [0.4, 0.5) is 0 Å². The van der Waals surface area contributed by atoms with Gasteiger partial charge < -0.3 is 0 Å². The Labute approximate surface area is 98.0 Å². The molecule has 8 heteroatoms. The molecule has 2 heterocycles. The van der Waals surface area contributed by atoms with Crippen LogP contribution in [0.5, 0.6) is 0 Å². The molecule has 0 aliphatic rings. The minimum Gasteiger partial charge on any atom is -0.258 e. The molecule has 0 fully saturated rings. The van der Waals surface area contributed by atoms with Crippen LogP contribution in [0.1, 0.15) is 10.0 Å². The molecular formula is C6H6N4S4. The summed E-state index contributed by atoms with van der Waals surface area (Å²) < 4.78 is 1.43. The molecule has 0 spiro atoms. The van der Waals surface area contributed by atoms with E-state index in [9.17, 15) is 0 Å². The number of aryl methyl sites for hydroxylation is 2. The maximum absolute atomic E-state index is 4.93. The average molecular weight is 262 g/mol. The minimum atomic E-state index is 0.717. The smallest absolute Gasteiger partial charge is 0.176 e. The predicted octanol–water partition coefficient (Wildman–Crippen LogP) is 2.50. The van der Waals surface area contributed by atoms with E-state index in [1.54, 1.807) is 0 Å². The third kappa shape index (κ3) is 2.53. The van der Waals surface area contributed by atoms with Gasteiger partial charge in [0.25, 0.3) is 0 Å². The Kier molecular flexibility index (Phi) is 3.16. The van der Waals surface area contributed by atoms with Gasteiger partial charge in [-0.05, 0) is 24.4 Å². The van der Waals surface area contributed by atoms with Crippen LogP contribution in [0.3, 0.4) is 0 Å². The molecule has 0 saturated carbocycles. The summed E-state index contributed by atoms with van der Waals surface area (Å²) in [7, 11) is 0. The molecule has 74 valence electrons. The van der Waals surface area contributed by atoms with Crippen molar-refractivity contribution in [2.75, 3.05) is 0 Å². The second-order valence-corrected chi connectivity index (χ2v) is 6.01. The molecule has 0 bridgehead atoms. The molecule has 0 saturated heterocycles. The summed E-state index contributed by atoms with van der Waals surface area (Å²) in [5, 5.41) is 15.7. The first-order valence-electron chi connectivity index (χ1n) is 3.83. The second-order valence-electron chi connectivity index (χ2n) is 2.51. The Balaban J connectivity index is 2.01. The van der Waals surface area contributed by atoms with Gasteiger partial charge in [-0.3, -0.25) is 10.2 Å². The van der Waals surface area contributed by atoms with Crippen molar-refractivity contribution in [3.8, 4) is 0 Å². The van der Waals surface area contributed by atoms with E-state index in [4.69, 9.17) is 24.4 Å². The van der Waals surface area contributed by atoms with Crippen LogP contribution < -0.4 is 0 Å². The van der Waals surface area contributed by atoms with Crippen LogP contribution in [0.15, 0.2) is 0 Å². The zero-order chi connectivity index (χ0) is 9.97. The highest BCUT2D eigenvalue weighted by Gasteiger charge is 2.01. The van der Waals surface area contributed by atoms with Gasteiger partial charge in [0.15, 0.2) is 7.91 Å². The number of nitrogens with zero attached hydrogens (tertiary/aromatic N) is 2. The number of nitrogens with one attached hydrogen (secondary N) is 2. The fourth-order valence-electron chi connectivity index (χ4n) is 0.949. The summed E-state index contributed by atoms with van der Waals surface area (Å²) in [6.45, 7) is 0. The summed E-state index contributed by atoms with van der Waals surface area (Å²) in [5.74, 6) is 0. The summed E-state index contributed by atoms with van der Waals surface area (Å²) in [6.07, 6.45) is 1.71. The molecule has 2 aromatic heterocycles. The molecule has 0 radical (unpaired) electrons. The number of rotatable bonds is 3. The number of hydrogen-bond acceptors (Lipinski definition) is 6. The number of H-pyrrole nitrogens is 2. The molecule has 0 atom stereocenters. The van der Waals surface area contributed by atoms with Crippen molar-refractivity contribution < 1.29 is 0 Å². The first-order chi connectivity index (χ1) is 6.74. The van der Waals surface area contributed by atoms with Crippen LogP contribution in [0.2, 0.25) is 0 Å². The van der Waals surface area contributed by atoms with Crippen LogP contribution >= 0.6 is 47.1 Å². The fraction of sp³-hybridized carbons (Fsp3) is 0.333. The van der Waals surface area contributed by atoms with Crippen molar-refractivity contribution in [1.82, 2.24) is 20.4 Å². The van der Waals surface area contributed by atoms with E-state index in [0.717, 1.165) is 30.8 Å². The molecule has 14 heavy (non-hydrogen) atoms. The van der Waals surface area contributed by atoms with Gasteiger partial charge in [-0.15, -0.1) is 0 Å². The van der Waals surface area contributed by atoms with E-state index in [1.807, 2.05) is 0 Å². The number of aromatic nitrogens is 4. The average Bonchev–Trinajstić information content (AvgIpc) is 2.72. The van der Waals surface area contributed by atoms with Crippen molar-refractivity contribution in [3.63, 3.8) is 0 Å². The van der Waals surface area contributed by atoms with Crippen molar-refractivity contribution in [2.45, 2.75) is 12.8 Å². The predicted molar refractivity (Wildman–Crippen MR) is 62.0 cm³/mol. The number of aromatic amines is 2. The Hall–Kier alpha value is -0.440. The van der Waals surface area contributed by atoms with Crippen LogP contribution in [-0.4, -0.2) is 20.4 Å². The fourth-order valence-corrected chi connectivity index (χ4v) is 2.82. The quantitative estimate of drug-likeness (QED) is 0.835. The SMILES string of the molecule is S=c1[nH]nc(CCc2n[nH]c(=S)s2)s1. The van der Waals surface area contributed by atoms with E-state index in [-0.39, 0.29) is 0 Å². The zero-order valence-corrected chi connectivity index (χ0v) is 10.2. The molecule has 0 amide bonds. The summed E-state index contributed by atoms with van der Waals surface area (Å²) >= 11 is 12.9. The van der Waals surface area contributed by atoms with Crippen LogP contribution in [0.25, 0.3) is 0 Å². The molecular weight excluding hydrogens is 256 g/mol. The summed E-state index contributed by atoms with van der Waals surface area (Å²) in [4.78, 5) is 0. The van der Waals surface area contributed by atoms with E-state index < -0.39 is 0 Å². The molecule has 2 rings (SSSR count). The Morgan fingerprint density at radius 1 is 0.929 bits per heavy atom. The highest BCUT2D eigenvalue weighted by molar-refractivity contribution is 7.73. The summed E-state index contributed by atoms with van der Waals surface area (Å²) in [5.41, 5.74) is 0. The maximum Gasteiger partial charge on any atom is 0.176 e. The minimum absolute atomic E-state index is 0.717. The zero-order valence-electron chi connectivity index (χ0n) is 6.94. The molecule has 0 aromatic carbocycles. The topological polar surface area (TPSA) is 57.4 Å². The lowest BCUT2D eigenvalue weighted by atomic mass is 10.3. The first kappa shape index (κ1) is 10.1. The van der Waals surface area contributed by atoms with Gasteiger partial charge in [-0.1, -0.05) is 22.7 Å². The van der Waals surface area contributed by atoms with Crippen LogP contribution in [0, 0.1) is 7.91 Å². The molecule has 0 aliphatic heterocycles. The van der Waals surface area contributed by atoms with Gasteiger partial charge in [0.05, 0.1) is 0 Å². The molecule has 4 nitrogen and oxygen atoms in total. The van der Waals surface area contributed by atoms with E-state index in [2.05, 4.69) is 20.4 Å². The Bertz CT molecular complexity index is 470. The van der Waals surface area contributed by atoms with Crippen LogP contribution in [-0.2, 0) is 12.8 Å². The molecule has 0 unspecified atom stereocenters. The van der Waals surface area contributed by atoms with E-state index >= 15 is 0 Å². The second kappa shape index (κ2) is 4.39. The first-order valence-corrected chi connectivity index (χ1v) is 6.28. The monoisotopic (exact) mass is 262 g/mol. The molecule has 2 aromatic rings. The van der Waals surface area contributed by atoms with Gasteiger partial charge in [0, 0.05) is 12.8 Å². The van der Waals surface area contributed by atoms with Crippen molar-refractivity contribution in [2.24, 2.45) is 0 Å². The van der Waals surface area contributed by atoms with Crippen molar-refractivity contribution >= 4 is 47.1 Å². The Morgan fingerprint density at radius 2 is 1.36 bits per heavy atom. The highest BCUT2D eigenvalue weighted by atomic mass is 32.2. The lowest BCUT2D eigenvalue weighted by molar-refractivity contribution is 0.871. The third-order valence-corrected chi connectivity index (χ3v) is 3.82. The van der Waals surface area contributed by atoms with Gasteiger partial charge in [-0.25, -0.2) is 0 Å². The van der Waals surface area contributed by atoms with Gasteiger partial charge in [0.2, 0.25) is 0 Å². The maximum atomic E-state index is 4.93. The standard InChI is InChI=1S/C6H6N4S4/c11-5-9-7-3(13-5)1-2-4-8-10-6(12)14-4/h1-2H2,(H,9,11)(H,10,12). The number of hydrogen-bond donors (Lipinski definition) is 2. The molecule has 0 aliphatic carbocycles. The highest BCUT2D eigenvalue weighted by Crippen LogP contribution is 2.11. The Morgan fingerprint density at radius 3 is 1.64 bits per heavy atom. The van der Waals surface area contributed by atoms with Crippen molar-refractivity contribution in [1.29, 1.82) is 0 Å². The van der Waals surface area contributed by atoms with Gasteiger partial charge >= 0.3 is 0 Å². The summed E-state index contributed by atoms with van der Waals surface area (Å²) in [6, 6.07) is 0. The third-order valence-electron chi connectivity index (χ3n) is 1.52. The normalized spacial score (nSPS) is 10.6. The lowest BCUT2D eigenvalue weighted by Crippen LogP contribution is -1.89. The largest absolute Gasteiger partial charge is 0.258 e. The van der Waals surface area contributed by atoms with Gasteiger partial charge in [-0.2, -0.15) is 10.2 Å². The molecule has 2 N–H and O–H groups in total. The van der Waals surface area contributed by atoms with Gasteiger partial charge in [0.1, 0.15) is 10.0 Å².